The molecule has 2 N–H and O–H groups in total. The summed E-state index contributed by atoms with van der Waals surface area (Å²) in [6.07, 6.45) is 6.63. The maximum absolute atomic E-state index is 5.83. The number of piperazine rings is 1. The lowest BCUT2D eigenvalue weighted by Gasteiger charge is -2.32. The summed E-state index contributed by atoms with van der Waals surface area (Å²) in [7, 11) is 2.20. The van der Waals surface area contributed by atoms with E-state index in [2.05, 4.69) is 87.7 Å². The second-order valence-corrected chi connectivity index (χ2v) is 10.4. The Morgan fingerprint density at radius 2 is 1.77 bits per heavy atom. The van der Waals surface area contributed by atoms with Crippen LogP contribution in [0.15, 0.2) is 59.0 Å². The Balaban J connectivity index is 1.60. The van der Waals surface area contributed by atoms with Crippen LogP contribution in [0.5, 0.6) is 0 Å². The molecule has 9 nitrogen and oxygen atoms in total. The van der Waals surface area contributed by atoms with Gasteiger partial charge in [-0.15, -0.1) is 0 Å². The van der Waals surface area contributed by atoms with Crippen LogP contribution in [0.25, 0.3) is 5.70 Å². The standard InChI is InChI=1S/C31H46N8O/c1-6-29-28(13-14-39(29)27-11-9-25(10-12-27)23-37-17-15-36(5)16-18-37)30(26-21-33-31(32)34-22-26)35-24(4)38(7-2)19-20-40-8-3/h6,9-12,21-22H,7-8,13-20,23H2,1-5H3,(H2,32,33,34)/b29-6?,30-28-,35-24?. The largest absolute Gasteiger partial charge is 0.380 e. The molecule has 0 atom stereocenters. The Labute approximate surface area is 240 Å². The molecule has 9 heteroatoms. The molecular formula is C31H46N8O. The van der Waals surface area contributed by atoms with Gasteiger partial charge in [0.05, 0.1) is 12.3 Å². The summed E-state index contributed by atoms with van der Waals surface area (Å²) >= 11 is 0. The molecule has 1 aromatic carbocycles. The van der Waals surface area contributed by atoms with E-state index < -0.39 is 0 Å². The fourth-order valence-electron chi connectivity index (χ4n) is 5.39. The van der Waals surface area contributed by atoms with Crippen molar-refractivity contribution in [1.82, 2.24) is 24.7 Å². The van der Waals surface area contributed by atoms with Gasteiger partial charge in [-0.05, 0) is 58.9 Å². The quantitative estimate of drug-likeness (QED) is 0.271. The zero-order valence-electron chi connectivity index (χ0n) is 24.9. The number of likely N-dealkylation sites (N-methyl/N-ethyl adjacent to an activating group) is 2. The van der Waals surface area contributed by atoms with E-state index in [0.29, 0.717) is 13.2 Å². The molecule has 2 saturated heterocycles. The normalized spacial score (nSPS) is 19.5. The summed E-state index contributed by atoms with van der Waals surface area (Å²) in [6, 6.07) is 9.06. The first-order valence-electron chi connectivity index (χ1n) is 14.6. The van der Waals surface area contributed by atoms with Gasteiger partial charge in [-0.1, -0.05) is 18.2 Å². The second-order valence-electron chi connectivity index (χ2n) is 10.4. The summed E-state index contributed by atoms with van der Waals surface area (Å²) in [5.41, 5.74) is 12.5. The van der Waals surface area contributed by atoms with Crippen molar-refractivity contribution in [2.45, 2.75) is 40.7 Å². The van der Waals surface area contributed by atoms with Crippen LogP contribution in [0, 0.1) is 0 Å². The van der Waals surface area contributed by atoms with Crippen LogP contribution in [0.4, 0.5) is 11.6 Å². The van der Waals surface area contributed by atoms with Gasteiger partial charge in [-0.3, -0.25) is 4.90 Å². The number of hydrogen-bond acceptors (Lipinski definition) is 8. The molecule has 4 rings (SSSR count). The van der Waals surface area contributed by atoms with E-state index >= 15 is 0 Å². The highest BCUT2D eigenvalue weighted by molar-refractivity contribution is 5.88. The van der Waals surface area contributed by atoms with E-state index in [4.69, 9.17) is 15.5 Å². The SMILES string of the molecule is CC=C1/C(=C(\N=C(C)N(CC)CCOCC)c2cnc(N)nc2)CCN1c1ccc(CN2CCN(C)CC2)cc1. The maximum Gasteiger partial charge on any atom is 0.219 e. The fourth-order valence-corrected chi connectivity index (χ4v) is 5.39. The number of benzene rings is 1. The van der Waals surface area contributed by atoms with Gasteiger partial charge in [0.1, 0.15) is 5.84 Å². The number of rotatable bonds is 10. The van der Waals surface area contributed by atoms with Gasteiger partial charge in [-0.25, -0.2) is 15.0 Å². The highest BCUT2D eigenvalue weighted by Crippen LogP contribution is 2.38. The van der Waals surface area contributed by atoms with Crippen molar-refractivity contribution in [2.75, 3.05) is 76.7 Å². The maximum atomic E-state index is 5.83. The Bertz CT molecular complexity index is 1180. The number of nitrogens with zero attached hydrogens (tertiary/aromatic N) is 7. The lowest BCUT2D eigenvalue weighted by Crippen LogP contribution is -2.43. The van der Waals surface area contributed by atoms with Gasteiger partial charge in [0.25, 0.3) is 0 Å². The topological polar surface area (TPSA) is 86.3 Å². The number of nitrogen functional groups attached to an aromatic ring is 1. The molecule has 2 aliphatic heterocycles. The Morgan fingerprint density at radius 3 is 2.40 bits per heavy atom. The molecule has 0 spiro atoms. The third-order valence-electron chi connectivity index (χ3n) is 7.76. The van der Waals surface area contributed by atoms with Crippen LogP contribution in [-0.4, -0.2) is 96.6 Å². The van der Waals surface area contributed by atoms with Gasteiger partial charge in [0, 0.05) is 93.9 Å². The molecule has 40 heavy (non-hydrogen) atoms. The summed E-state index contributed by atoms with van der Waals surface area (Å²) in [5.74, 6) is 1.21. The average Bonchev–Trinajstić information content (AvgIpc) is 3.40. The number of amidine groups is 1. The highest BCUT2D eigenvalue weighted by atomic mass is 16.5. The van der Waals surface area contributed by atoms with Gasteiger partial charge in [-0.2, -0.15) is 0 Å². The molecule has 0 amide bonds. The van der Waals surface area contributed by atoms with Gasteiger partial charge in [0.15, 0.2) is 0 Å². The predicted molar refractivity (Wildman–Crippen MR) is 165 cm³/mol. The Hall–Kier alpha value is -3.27. The fraction of sp³-hybridized carbons (Fsp3) is 0.516. The molecule has 0 unspecified atom stereocenters. The molecule has 2 aromatic rings. The lowest BCUT2D eigenvalue weighted by atomic mass is 10.1. The van der Waals surface area contributed by atoms with Gasteiger partial charge >= 0.3 is 0 Å². The number of aromatic nitrogens is 2. The van der Waals surface area contributed by atoms with E-state index in [1.54, 1.807) is 12.4 Å². The number of ether oxygens (including phenoxy) is 1. The third-order valence-corrected chi connectivity index (χ3v) is 7.76. The Kier molecular flexibility index (Phi) is 10.7. The summed E-state index contributed by atoms with van der Waals surface area (Å²) in [5, 5.41) is 0. The van der Waals surface area contributed by atoms with Crippen molar-refractivity contribution in [1.29, 1.82) is 0 Å². The molecule has 2 aliphatic rings. The number of hydrogen-bond donors (Lipinski definition) is 1. The smallest absolute Gasteiger partial charge is 0.219 e. The van der Waals surface area contributed by atoms with E-state index in [1.807, 2.05) is 6.92 Å². The summed E-state index contributed by atoms with van der Waals surface area (Å²) in [6.45, 7) is 17.8. The minimum absolute atomic E-state index is 0.261. The van der Waals surface area contributed by atoms with Crippen molar-refractivity contribution in [3.63, 3.8) is 0 Å². The van der Waals surface area contributed by atoms with Gasteiger partial charge in [0.2, 0.25) is 5.95 Å². The van der Waals surface area contributed by atoms with Crippen molar-refractivity contribution >= 4 is 23.2 Å². The molecular weight excluding hydrogens is 500 g/mol. The third kappa shape index (κ3) is 7.47. The van der Waals surface area contributed by atoms with E-state index in [-0.39, 0.29) is 5.95 Å². The van der Waals surface area contributed by atoms with E-state index in [9.17, 15) is 0 Å². The van der Waals surface area contributed by atoms with Crippen LogP contribution in [0.3, 0.4) is 0 Å². The number of anilines is 2. The minimum atomic E-state index is 0.261. The molecule has 3 heterocycles. The van der Waals surface area contributed by atoms with E-state index in [0.717, 1.165) is 75.9 Å². The average molecular weight is 547 g/mol. The first-order valence-corrected chi connectivity index (χ1v) is 14.6. The van der Waals surface area contributed by atoms with Crippen LogP contribution in [0.2, 0.25) is 0 Å². The monoisotopic (exact) mass is 546 g/mol. The molecule has 0 aliphatic carbocycles. The van der Waals surface area contributed by atoms with Crippen molar-refractivity contribution < 1.29 is 4.74 Å². The first kappa shape index (κ1) is 29.7. The zero-order valence-corrected chi connectivity index (χ0v) is 24.9. The molecule has 0 radical (unpaired) electrons. The second kappa shape index (κ2) is 14.4. The minimum Gasteiger partial charge on any atom is -0.380 e. The van der Waals surface area contributed by atoms with Gasteiger partial charge < -0.3 is 25.2 Å². The van der Waals surface area contributed by atoms with Crippen molar-refractivity contribution in [2.24, 2.45) is 4.99 Å². The molecule has 2 fully saturated rings. The van der Waals surface area contributed by atoms with Crippen molar-refractivity contribution in [3.05, 3.63) is 65.1 Å². The predicted octanol–water partition coefficient (Wildman–Crippen LogP) is 4.11. The molecule has 0 saturated carbocycles. The number of nitrogens with two attached hydrogens (primary N) is 1. The first-order chi connectivity index (χ1) is 19.4. The molecule has 1 aromatic heterocycles. The number of aliphatic imine (C=N–C) groups is 1. The van der Waals surface area contributed by atoms with Crippen LogP contribution in [-0.2, 0) is 11.3 Å². The van der Waals surface area contributed by atoms with E-state index in [1.165, 1.54) is 22.5 Å². The van der Waals surface area contributed by atoms with Crippen LogP contribution >= 0.6 is 0 Å². The highest BCUT2D eigenvalue weighted by Gasteiger charge is 2.27. The van der Waals surface area contributed by atoms with Crippen LogP contribution in [0.1, 0.15) is 45.2 Å². The summed E-state index contributed by atoms with van der Waals surface area (Å²) < 4.78 is 5.61. The van der Waals surface area contributed by atoms with Crippen LogP contribution < -0.4 is 10.6 Å². The molecule has 0 bridgehead atoms. The molecule has 216 valence electrons. The summed E-state index contributed by atoms with van der Waals surface area (Å²) in [4.78, 5) is 23.3. The number of allylic oxidation sites excluding steroid dienone is 2. The zero-order chi connectivity index (χ0) is 28.5. The lowest BCUT2D eigenvalue weighted by molar-refractivity contribution is 0.133. The van der Waals surface area contributed by atoms with Crippen molar-refractivity contribution in [3.8, 4) is 0 Å². The Morgan fingerprint density at radius 1 is 1.07 bits per heavy atom.